The molecule has 0 saturated heterocycles. The summed E-state index contributed by atoms with van der Waals surface area (Å²) in [6, 6.07) is 19.7. The first-order valence-electron chi connectivity index (χ1n) is 13.4. The molecule has 1 fully saturated rings. The van der Waals surface area contributed by atoms with Crippen LogP contribution in [0.2, 0.25) is 0 Å². The molecular weight excluding hydrogens is 516 g/mol. The maximum Gasteiger partial charge on any atom is 0.243 e. The van der Waals surface area contributed by atoms with E-state index in [-0.39, 0.29) is 35.7 Å². The van der Waals surface area contributed by atoms with Crippen molar-refractivity contribution in [2.24, 2.45) is 11.8 Å². The van der Waals surface area contributed by atoms with Crippen molar-refractivity contribution in [2.45, 2.75) is 69.5 Å². The van der Waals surface area contributed by atoms with Gasteiger partial charge in [0.1, 0.15) is 0 Å². The van der Waals surface area contributed by atoms with E-state index in [1.54, 1.807) is 18.2 Å². The maximum atomic E-state index is 13.8. The number of nitrogens with zero attached hydrogens (tertiary/aromatic N) is 1. The van der Waals surface area contributed by atoms with E-state index in [0.717, 1.165) is 41.7 Å². The fraction of sp³-hybridized carbons (Fsp3) is 0.433. The largest absolute Gasteiger partial charge is 0.390 e. The summed E-state index contributed by atoms with van der Waals surface area (Å²) in [5.74, 6) is 0.145. The molecule has 1 saturated carbocycles. The Morgan fingerprint density at radius 2 is 1.84 bits per heavy atom. The molecule has 1 amide bonds. The van der Waals surface area contributed by atoms with Crippen molar-refractivity contribution in [1.29, 1.82) is 0 Å². The molecule has 38 heavy (non-hydrogen) atoms. The summed E-state index contributed by atoms with van der Waals surface area (Å²) < 4.78 is 28.9. The molecule has 8 heteroatoms. The number of carbonyl (C=O) groups excluding carboxylic acids is 1. The van der Waals surface area contributed by atoms with Crippen LogP contribution in [0, 0.1) is 18.8 Å². The molecule has 2 aromatic carbocycles. The lowest BCUT2D eigenvalue weighted by molar-refractivity contribution is -0.129. The zero-order valence-corrected chi connectivity index (χ0v) is 23.8. The van der Waals surface area contributed by atoms with E-state index in [2.05, 4.69) is 12.2 Å². The monoisotopic (exact) mass is 554 g/mol. The fourth-order valence-electron chi connectivity index (χ4n) is 5.23. The molecular formula is C30H38N2O4S2. The highest BCUT2D eigenvalue weighted by Crippen LogP contribution is 2.30. The number of hydrogen-bond acceptors (Lipinski definition) is 5. The molecule has 1 heterocycles. The van der Waals surface area contributed by atoms with Crippen LogP contribution in [0.5, 0.6) is 0 Å². The molecule has 0 bridgehead atoms. The molecule has 2 N–H and O–H groups in total. The van der Waals surface area contributed by atoms with Crippen molar-refractivity contribution in [1.82, 2.24) is 9.62 Å². The van der Waals surface area contributed by atoms with Gasteiger partial charge in [-0.2, -0.15) is 4.31 Å². The SMILES string of the molecule is Cc1cccc(S(=O)(=O)N(Cc2cccs2)C[C@@H](O)[C@H](Cc2ccccc2)NC(=O)[C@H]2CCCC[C@@H]2C)c1. The molecule has 1 aliphatic carbocycles. The smallest absolute Gasteiger partial charge is 0.243 e. The third-order valence-electron chi connectivity index (χ3n) is 7.47. The topological polar surface area (TPSA) is 86.7 Å². The van der Waals surface area contributed by atoms with Crippen molar-refractivity contribution in [3.05, 3.63) is 88.1 Å². The van der Waals surface area contributed by atoms with Gasteiger partial charge in [0.15, 0.2) is 0 Å². The fourth-order valence-corrected chi connectivity index (χ4v) is 7.57. The first-order valence-corrected chi connectivity index (χ1v) is 15.7. The van der Waals surface area contributed by atoms with Crippen LogP contribution >= 0.6 is 11.3 Å². The summed E-state index contributed by atoms with van der Waals surface area (Å²) in [5, 5.41) is 16.6. The summed E-state index contributed by atoms with van der Waals surface area (Å²) in [6.45, 7) is 3.99. The molecule has 3 aromatic rings. The van der Waals surface area contributed by atoms with Crippen LogP contribution in [0.25, 0.3) is 0 Å². The van der Waals surface area contributed by atoms with Gasteiger partial charge in [0, 0.05) is 23.9 Å². The molecule has 6 nitrogen and oxygen atoms in total. The molecule has 1 aliphatic rings. The molecule has 4 atom stereocenters. The van der Waals surface area contributed by atoms with Gasteiger partial charge in [-0.1, -0.05) is 68.3 Å². The molecule has 1 aromatic heterocycles. The second-order valence-electron chi connectivity index (χ2n) is 10.4. The van der Waals surface area contributed by atoms with Crippen LogP contribution in [0.1, 0.15) is 48.6 Å². The minimum atomic E-state index is -3.89. The lowest BCUT2D eigenvalue weighted by Gasteiger charge is -2.33. The Morgan fingerprint density at radius 1 is 1.08 bits per heavy atom. The number of thiophene rings is 1. The highest BCUT2D eigenvalue weighted by molar-refractivity contribution is 7.89. The summed E-state index contributed by atoms with van der Waals surface area (Å²) in [4.78, 5) is 14.4. The van der Waals surface area contributed by atoms with Crippen molar-refractivity contribution in [3.8, 4) is 0 Å². The van der Waals surface area contributed by atoms with E-state index in [0.29, 0.717) is 6.42 Å². The van der Waals surface area contributed by atoms with E-state index in [1.807, 2.05) is 60.8 Å². The lowest BCUT2D eigenvalue weighted by atomic mass is 9.79. The number of amides is 1. The number of carbonyl (C=O) groups is 1. The Morgan fingerprint density at radius 3 is 2.53 bits per heavy atom. The Hall–Kier alpha value is -2.52. The van der Waals surface area contributed by atoms with Crippen LogP contribution in [-0.2, 0) is 27.8 Å². The van der Waals surface area contributed by atoms with Crippen LogP contribution in [0.15, 0.2) is 77.0 Å². The molecule has 0 aliphatic heterocycles. The zero-order valence-electron chi connectivity index (χ0n) is 22.1. The maximum absolute atomic E-state index is 13.8. The van der Waals surface area contributed by atoms with Crippen LogP contribution in [-0.4, -0.2) is 42.4 Å². The van der Waals surface area contributed by atoms with Crippen molar-refractivity contribution in [2.75, 3.05) is 6.54 Å². The van der Waals surface area contributed by atoms with E-state index >= 15 is 0 Å². The predicted molar refractivity (Wildman–Crippen MR) is 152 cm³/mol. The summed E-state index contributed by atoms with van der Waals surface area (Å²) >= 11 is 1.48. The minimum Gasteiger partial charge on any atom is -0.390 e. The predicted octanol–water partition coefficient (Wildman–Crippen LogP) is 5.16. The molecule has 0 radical (unpaired) electrons. The number of aliphatic hydroxyl groups excluding tert-OH is 1. The van der Waals surface area contributed by atoms with Crippen molar-refractivity contribution < 1.29 is 18.3 Å². The van der Waals surface area contributed by atoms with Gasteiger partial charge >= 0.3 is 0 Å². The first-order chi connectivity index (χ1) is 18.2. The Bertz CT molecular complexity index is 1280. The quantitative estimate of drug-likeness (QED) is 0.343. The van der Waals surface area contributed by atoms with E-state index in [4.69, 9.17) is 0 Å². The van der Waals surface area contributed by atoms with Gasteiger partial charge in [-0.15, -0.1) is 11.3 Å². The summed E-state index contributed by atoms with van der Waals surface area (Å²) in [5.41, 5.74) is 1.82. The van der Waals surface area contributed by atoms with Gasteiger partial charge in [-0.05, 0) is 66.8 Å². The molecule has 0 unspecified atom stereocenters. The number of hydrogen-bond donors (Lipinski definition) is 2. The van der Waals surface area contributed by atoms with E-state index < -0.39 is 22.2 Å². The van der Waals surface area contributed by atoms with Crippen LogP contribution < -0.4 is 5.32 Å². The molecule has 4 rings (SSSR count). The van der Waals surface area contributed by atoms with Crippen LogP contribution in [0.4, 0.5) is 0 Å². The average molecular weight is 555 g/mol. The highest BCUT2D eigenvalue weighted by Gasteiger charge is 2.34. The Balaban J connectivity index is 1.60. The summed E-state index contributed by atoms with van der Waals surface area (Å²) in [6.07, 6.45) is 3.33. The van der Waals surface area contributed by atoms with Gasteiger partial charge in [0.2, 0.25) is 15.9 Å². The Kier molecular flexibility index (Phi) is 9.76. The summed E-state index contributed by atoms with van der Waals surface area (Å²) in [7, 11) is -3.89. The molecule has 204 valence electrons. The standard InChI is InChI=1S/C30H38N2O4S2/c1-22-10-8-15-26(18-22)38(35,36)32(20-25-14-9-17-37-25)21-29(33)28(19-24-12-4-3-5-13-24)31-30(34)27-16-7-6-11-23(27)2/h3-5,8-10,12-15,17-18,23,27-29,33H,6-7,11,16,19-21H2,1-2H3,(H,31,34)/t23-,27-,28-,29+/m0/s1. The number of aliphatic hydroxyl groups is 1. The number of sulfonamides is 1. The highest BCUT2D eigenvalue weighted by atomic mass is 32.2. The number of aryl methyl sites for hydroxylation is 1. The van der Waals surface area contributed by atoms with E-state index in [9.17, 15) is 18.3 Å². The van der Waals surface area contributed by atoms with Gasteiger partial charge < -0.3 is 10.4 Å². The van der Waals surface area contributed by atoms with Crippen molar-refractivity contribution >= 4 is 27.3 Å². The first kappa shape index (κ1) is 28.5. The third kappa shape index (κ3) is 7.32. The van der Waals surface area contributed by atoms with Crippen LogP contribution in [0.3, 0.4) is 0 Å². The van der Waals surface area contributed by atoms with Gasteiger partial charge in [-0.25, -0.2) is 8.42 Å². The second-order valence-corrected chi connectivity index (χ2v) is 13.4. The molecule has 0 spiro atoms. The normalized spacial score (nSPS) is 19.7. The van der Waals surface area contributed by atoms with Gasteiger partial charge in [0.05, 0.1) is 17.0 Å². The second kappa shape index (κ2) is 13.0. The van der Waals surface area contributed by atoms with Gasteiger partial charge in [-0.3, -0.25) is 4.79 Å². The van der Waals surface area contributed by atoms with E-state index in [1.165, 1.54) is 15.6 Å². The number of benzene rings is 2. The third-order valence-corrected chi connectivity index (χ3v) is 10.1. The number of nitrogens with one attached hydrogen (secondary N) is 1. The Labute approximate surface area is 230 Å². The van der Waals surface area contributed by atoms with Gasteiger partial charge in [0.25, 0.3) is 0 Å². The zero-order chi connectivity index (χ0) is 27.1. The van der Waals surface area contributed by atoms with Crippen molar-refractivity contribution in [3.63, 3.8) is 0 Å². The lowest BCUT2D eigenvalue weighted by Crippen LogP contribution is -2.52. The minimum absolute atomic E-state index is 0.0523. The average Bonchev–Trinajstić information content (AvgIpc) is 3.42. The number of rotatable bonds is 11.